The summed E-state index contributed by atoms with van der Waals surface area (Å²) in [4.78, 5) is 1.91. The molecule has 2 aromatic rings. The molecule has 0 saturated carbocycles. The summed E-state index contributed by atoms with van der Waals surface area (Å²) in [6, 6.07) is 9.85. The lowest BCUT2D eigenvalue weighted by Crippen LogP contribution is -2.25. The Kier molecular flexibility index (Phi) is 4.67. The molecule has 1 atom stereocenters. The average molecular weight is 297 g/mol. The number of rotatable bonds is 5. The minimum absolute atomic E-state index is 0.0715. The van der Waals surface area contributed by atoms with Gasteiger partial charge in [0.25, 0.3) is 0 Å². The number of nitrogens with one attached hydrogen (secondary N) is 1. The van der Waals surface area contributed by atoms with E-state index in [0.717, 1.165) is 12.0 Å². The minimum atomic E-state index is -4.40. The Hall–Kier alpha value is -1.82. The smallest absolute Gasteiger partial charge is 0.295 e. The lowest BCUT2D eigenvalue weighted by atomic mass is 10.0. The van der Waals surface area contributed by atoms with E-state index in [0.29, 0.717) is 0 Å². The molecule has 6 heteroatoms. The molecule has 114 valence electrons. The van der Waals surface area contributed by atoms with E-state index in [1.54, 1.807) is 0 Å². The van der Waals surface area contributed by atoms with E-state index in [1.165, 1.54) is 6.20 Å². The van der Waals surface area contributed by atoms with E-state index in [-0.39, 0.29) is 18.2 Å². The molecule has 0 aliphatic heterocycles. The molecule has 1 aromatic heterocycles. The molecule has 0 saturated heterocycles. The second kappa shape index (κ2) is 6.30. The highest BCUT2D eigenvalue weighted by atomic mass is 19.4. The van der Waals surface area contributed by atoms with Gasteiger partial charge in [-0.3, -0.25) is 10.00 Å². The maximum Gasteiger partial charge on any atom is 0.433 e. The van der Waals surface area contributed by atoms with Crippen LogP contribution in [-0.2, 0) is 12.7 Å². The van der Waals surface area contributed by atoms with Crippen LogP contribution in [0.15, 0.2) is 36.5 Å². The Morgan fingerprint density at radius 2 is 1.90 bits per heavy atom. The van der Waals surface area contributed by atoms with Crippen molar-refractivity contribution in [1.29, 1.82) is 0 Å². The topological polar surface area (TPSA) is 31.9 Å². The van der Waals surface area contributed by atoms with Gasteiger partial charge in [-0.05, 0) is 19.0 Å². The number of aromatic amines is 1. The summed E-state index contributed by atoms with van der Waals surface area (Å²) in [6.07, 6.45) is -2.34. The largest absolute Gasteiger partial charge is 0.433 e. The van der Waals surface area contributed by atoms with Crippen LogP contribution in [0.25, 0.3) is 0 Å². The van der Waals surface area contributed by atoms with Crippen molar-refractivity contribution in [3.63, 3.8) is 0 Å². The fraction of sp³-hybridized carbons (Fsp3) is 0.400. The standard InChI is InChI=1S/C15H18F3N3/c1-3-13(11-7-5-4-6-8-11)21(2)10-12-9-19-20-14(12)15(16,17)18/h4-9,13H,3,10H2,1-2H3,(H,19,20). The van der Waals surface area contributed by atoms with Gasteiger partial charge < -0.3 is 0 Å². The van der Waals surface area contributed by atoms with Crippen LogP contribution >= 0.6 is 0 Å². The molecular weight excluding hydrogens is 279 g/mol. The summed E-state index contributed by atoms with van der Waals surface area (Å²) in [5, 5.41) is 5.57. The maximum absolute atomic E-state index is 12.8. The quantitative estimate of drug-likeness (QED) is 0.904. The van der Waals surface area contributed by atoms with Crippen molar-refractivity contribution >= 4 is 0 Å². The van der Waals surface area contributed by atoms with Gasteiger partial charge in [0.05, 0.1) is 6.20 Å². The fourth-order valence-corrected chi connectivity index (χ4v) is 2.53. The lowest BCUT2D eigenvalue weighted by molar-refractivity contribution is -0.142. The summed E-state index contributed by atoms with van der Waals surface area (Å²) in [6.45, 7) is 2.22. The number of hydrogen-bond acceptors (Lipinski definition) is 2. The van der Waals surface area contributed by atoms with Crippen LogP contribution in [0.4, 0.5) is 13.2 Å². The molecule has 0 spiro atoms. The Balaban J connectivity index is 2.17. The van der Waals surface area contributed by atoms with Gasteiger partial charge in [0.2, 0.25) is 0 Å². The fourth-order valence-electron chi connectivity index (χ4n) is 2.53. The number of alkyl halides is 3. The third kappa shape index (κ3) is 3.64. The summed E-state index contributed by atoms with van der Waals surface area (Å²) < 4.78 is 38.5. The molecule has 1 unspecified atom stereocenters. The third-order valence-electron chi connectivity index (χ3n) is 3.52. The molecule has 1 N–H and O–H groups in total. The Morgan fingerprint density at radius 3 is 2.48 bits per heavy atom. The first kappa shape index (κ1) is 15.6. The molecule has 3 nitrogen and oxygen atoms in total. The molecule has 2 rings (SSSR count). The van der Waals surface area contributed by atoms with Gasteiger partial charge >= 0.3 is 6.18 Å². The van der Waals surface area contributed by atoms with Gasteiger partial charge in [0, 0.05) is 18.2 Å². The number of halogens is 3. The number of nitrogens with zero attached hydrogens (tertiary/aromatic N) is 2. The molecule has 21 heavy (non-hydrogen) atoms. The normalized spacial score (nSPS) is 13.6. The molecule has 1 aromatic carbocycles. The van der Waals surface area contributed by atoms with Crippen molar-refractivity contribution in [2.45, 2.75) is 32.1 Å². The monoisotopic (exact) mass is 297 g/mol. The Bertz CT molecular complexity index is 563. The molecular formula is C15H18F3N3. The highest BCUT2D eigenvalue weighted by Crippen LogP contribution is 2.32. The Morgan fingerprint density at radius 1 is 1.24 bits per heavy atom. The van der Waals surface area contributed by atoms with Crippen molar-refractivity contribution in [2.24, 2.45) is 0 Å². The maximum atomic E-state index is 12.8. The first-order valence-electron chi connectivity index (χ1n) is 6.78. The summed E-state index contributed by atoms with van der Waals surface area (Å²) in [5.41, 5.74) is 0.496. The first-order valence-corrected chi connectivity index (χ1v) is 6.78. The highest BCUT2D eigenvalue weighted by molar-refractivity contribution is 5.22. The van der Waals surface area contributed by atoms with Crippen LogP contribution in [0.1, 0.15) is 36.2 Å². The summed E-state index contributed by atoms with van der Waals surface area (Å²) in [7, 11) is 1.83. The zero-order valence-electron chi connectivity index (χ0n) is 12.0. The van der Waals surface area contributed by atoms with Crippen molar-refractivity contribution in [3.8, 4) is 0 Å². The zero-order chi connectivity index (χ0) is 15.5. The number of H-pyrrole nitrogens is 1. The predicted molar refractivity (Wildman–Crippen MR) is 74.5 cm³/mol. The Labute approximate surface area is 121 Å². The third-order valence-corrected chi connectivity index (χ3v) is 3.52. The second-order valence-corrected chi connectivity index (χ2v) is 5.02. The zero-order valence-corrected chi connectivity index (χ0v) is 12.0. The van der Waals surface area contributed by atoms with Crippen LogP contribution in [0.3, 0.4) is 0 Å². The lowest BCUT2D eigenvalue weighted by Gasteiger charge is -2.27. The van der Waals surface area contributed by atoms with Crippen LogP contribution in [0.2, 0.25) is 0 Å². The first-order chi connectivity index (χ1) is 9.93. The molecule has 0 aliphatic carbocycles. The second-order valence-electron chi connectivity index (χ2n) is 5.02. The molecule has 0 aliphatic rings. The van der Waals surface area contributed by atoms with Gasteiger partial charge in [0.15, 0.2) is 0 Å². The molecule has 0 fully saturated rings. The van der Waals surface area contributed by atoms with Crippen molar-refractivity contribution in [2.75, 3.05) is 7.05 Å². The van der Waals surface area contributed by atoms with Gasteiger partial charge in [0.1, 0.15) is 5.69 Å². The van der Waals surface area contributed by atoms with Gasteiger partial charge in [-0.15, -0.1) is 0 Å². The number of aromatic nitrogens is 2. The molecule has 0 bridgehead atoms. The highest BCUT2D eigenvalue weighted by Gasteiger charge is 2.35. The van der Waals surface area contributed by atoms with Gasteiger partial charge in [-0.2, -0.15) is 18.3 Å². The molecule has 1 heterocycles. The van der Waals surface area contributed by atoms with Crippen LogP contribution in [0.5, 0.6) is 0 Å². The van der Waals surface area contributed by atoms with Gasteiger partial charge in [-0.25, -0.2) is 0 Å². The van der Waals surface area contributed by atoms with Crippen LogP contribution < -0.4 is 0 Å². The van der Waals surface area contributed by atoms with E-state index >= 15 is 0 Å². The average Bonchev–Trinajstić information content (AvgIpc) is 2.89. The van der Waals surface area contributed by atoms with Crippen molar-refractivity contribution < 1.29 is 13.2 Å². The van der Waals surface area contributed by atoms with E-state index < -0.39 is 11.9 Å². The van der Waals surface area contributed by atoms with Crippen molar-refractivity contribution in [3.05, 3.63) is 53.3 Å². The van der Waals surface area contributed by atoms with Gasteiger partial charge in [-0.1, -0.05) is 37.3 Å². The van der Waals surface area contributed by atoms with E-state index in [2.05, 4.69) is 5.10 Å². The van der Waals surface area contributed by atoms with Crippen molar-refractivity contribution in [1.82, 2.24) is 15.1 Å². The summed E-state index contributed by atoms with van der Waals surface area (Å²) >= 11 is 0. The van der Waals surface area contributed by atoms with Crippen LogP contribution in [-0.4, -0.2) is 22.1 Å². The minimum Gasteiger partial charge on any atom is -0.295 e. The van der Waals surface area contributed by atoms with E-state index in [1.807, 2.05) is 54.3 Å². The van der Waals surface area contributed by atoms with E-state index in [9.17, 15) is 13.2 Å². The number of hydrogen-bond donors (Lipinski definition) is 1. The molecule has 0 radical (unpaired) electrons. The SMILES string of the molecule is CCC(c1ccccc1)N(C)Cc1cn[nH]c1C(F)(F)F. The number of benzene rings is 1. The van der Waals surface area contributed by atoms with Crippen LogP contribution in [0, 0.1) is 0 Å². The molecule has 0 amide bonds. The predicted octanol–water partition coefficient (Wildman–Crippen LogP) is 4.01. The summed E-state index contributed by atoms with van der Waals surface area (Å²) in [5.74, 6) is 0. The van der Waals surface area contributed by atoms with E-state index in [4.69, 9.17) is 0 Å².